The molecule has 1 unspecified atom stereocenters. The fourth-order valence-corrected chi connectivity index (χ4v) is 4.69. The van der Waals surface area contributed by atoms with Crippen LogP contribution in [0.25, 0.3) is 10.2 Å². The van der Waals surface area contributed by atoms with Crippen molar-refractivity contribution in [1.82, 2.24) is 14.9 Å². The van der Waals surface area contributed by atoms with Crippen molar-refractivity contribution in [1.29, 1.82) is 0 Å². The molecule has 1 aromatic carbocycles. The van der Waals surface area contributed by atoms with Crippen molar-refractivity contribution in [2.45, 2.75) is 38.4 Å². The highest BCUT2D eigenvalue weighted by atomic mass is 32.1. The number of anilines is 2. The predicted octanol–water partition coefficient (Wildman–Crippen LogP) is 2.28. The molecule has 1 fully saturated rings. The quantitative estimate of drug-likeness (QED) is 0.411. The maximum Gasteiger partial charge on any atom is 0.186 e. The molecular weight excluding hydrogens is 440 g/mol. The molecule has 0 bridgehead atoms. The zero-order valence-electron chi connectivity index (χ0n) is 17.6. The van der Waals surface area contributed by atoms with Gasteiger partial charge in [-0.2, -0.15) is 0 Å². The van der Waals surface area contributed by atoms with E-state index in [1.165, 1.54) is 42.7 Å². The average Bonchev–Trinajstić information content (AvgIpc) is 3.14. The Balaban J connectivity index is 1.41. The smallest absolute Gasteiger partial charge is 0.186 e. The third-order valence-corrected chi connectivity index (χ3v) is 6.47. The van der Waals surface area contributed by atoms with Gasteiger partial charge in [-0.25, -0.2) is 18.7 Å². The SMILES string of the molecule is C[C@@H](O)[C@H](O)c1cnc(N2CCN(C(O)Nc3nc4ccc(F)cc4s3)C[C@@H]2C)c(F)c1. The minimum Gasteiger partial charge on any atom is -0.390 e. The number of rotatable bonds is 6. The number of halogens is 2. The molecule has 8 nitrogen and oxygen atoms in total. The van der Waals surface area contributed by atoms with Gasteiger partial charge in [0.2, 0.25) is 0 Å². The summed E-state index contributed by atoms with van der Waals surface area (Å²) in [6, 6.07) is 5.36. The zero-order chi connectivity index (χ0) is 23.0. The van der Waals surface area contributed by atoms with Gasteiger partial charge in [0.05, 0.1) is 16.3 Å². The van der Waals surface area contributed by atoms with Crippen LogP contribution in [0.4, 0.5) is 19.7 Å². The number of fused-ring (bicyclic) bond motifs is 1. The number of aliphatic hydroxyl groups is 3. The van der Waals surface area contributed by atoms with Gasteiger partial charge in [0.15, 0.2) is 23.1 Å². The second-order valence-corrected chi connectivity index (χ2v) is 8.98. The van der Waals surface area contributed by atoms with Crippen LogP contribution in [0.1, 0.15) is 25.5 Å². The van der Waals surface area contributed by atoms with Gasteiger partial charge in [0, 0.05) is 37.4 Å². The molecule has 1 aliphatic heterocycles. The van der Waals surface area contributed by atoms with E-state index in [-0.39, 0.29) is 23.2 Å². The molecule has 4 atom stereocenters. The lowest BCUT2D eigenvalue weighted by Gasteiger charge is -2.42. The summed E-state index contributed by atoms with van der Waals surface area (Å²) in [6.07, 6.45) is -1.89. The number of nitrogens with zero attached hydrogens (tertiary/aromatic N) is 4. The largest absolute Gasteiger partial charge is 0.390 e. The molecule has 3 heterocycles. The summed E-state index contributed by atoms with van der Waals surface area (Å²) in [5, 5.41) is 33.5. The molecule has 2 aromatic heterocycles. The van der Waals surface area contributed by atoms with Crippen LogP contribution in [-0.2, 0) is 0 Å². The highest BCUT2D eigenvalue weighted by Crippen LogP contribution is 2.28. The number of hydrogen-bond acceptors (Lipinski definition) is 9. The molecule has 0 radical (unpaired) electrons. The molecule has 1 aliphatic rings. The standard InChI is InChI=1S/C21H25F2N5O3S/c1-11-10-27(21(31)26-20-25-16-4-3-14(22)8-17(16)32-20)5-6-28(11)19-15(23)7-13(9-24-19)18(30)12(2)29/h3-4,7-9,11-12,18,21,29-31H,5-6,10H2,1-2H3,(H,25,26)/t11-,12+,18-,21?/m0/s1. The number of benzene rings is 1. The van der Waals surface area contributed by atoms with Crippen molar-refractivity contribution in [3.05, 3.63) is 47.7 Å². The first-order valence-electron chi connectivity index (χ1n) is 10.3. The minimum absolute atomic E-state index is 0.154. The Labute approximate surface area is 187 Å². The Morgan fingerprint density at radius 2 is 1.97 bits per heavy atom. The van der Waals surface area contributed by atoms with Crippen molar-refractivity contribution in [3.63, 3.8) is 0 Å². The topological polar surface area (TPSA) is 105 Å². The van der Waals surface area contributed by atoms with Crippen LogP contribution in [-0.4, -0.2) is 68.3 Å². The fourth-order valence-electron chi connectivity index (χ4n) is 3.78. The average molecular weight is 466 g/mol. The number of thiazole rings is 1. The number of hydrogen-bond donors (Lipinski definition) is 4. The van der Waals surface area contributed by atoms with Crippen molar-refractivity contribution in [2.24, 2.45) is 0 Å². The Hall–Kier alpha value is -2.44. The first-order chi connectivity index (χ1) is 15.2. The second-order valence-electron chi connectivity index (χ2n) is 7.95. The Bertz CT molecular complexity index is 1100. The number of nitrogens with one attached hydrogen (secondary N) is 1. The van der Waals surface area contributed by atoms with Crippen molar-refractivity contribution < 1.29 is 24.1 Å². The molecule has 172 valence electrons. The zero-order valence-corrected chi connectivity index (χ0v) is 18.4. The van der Waals surface area contributed by atoms with Gasteiger partial charge >= 0.3 is 0 Å². The first kappa shape index (κ1) is 22.7. The van der Waals surface area contributed by atoms with E-state index in [2.05, 4.69) is 15.3 Å². The summed E-state index contributed by atoms with van der Waals surface area (Å²) >= 11 is 1.25. The summed E-state index contributed by atoms with van der Waals surface area (Å²) < 4.78 is 28.8. The van der Waals surface area contributed by atoms with E-state index < -0.39 is 24.4 Å². The van der Waals surface area contributed by atoms with Gasteiger partial charge in [-0.3, -0.25) is 4.90 Å². The van der Waals surface area contributed by atoms with Gasteiger partial charge in [0.1, 0.15) is 11.9 Å². The van der Waals surface area contributed by atoms with E-state index in [1.54, 1.807) is 15.9 Å². The van der Waals surface area contributed by atoms with Gasteiger partial charge in [-0.1, -0.05) is 11.3 Å². The molecule has 0 amide bonds. The van der Waals surface area contributed by atoms with E-state index in [1.807, 2.05) is 6.92 Å². The molecule has 4 rings (SSSR count). The fraction of sp³-hybridized carbons (Fsp3) is 0.429. The van der Waals surface area contributed by atoms with Crippen LogP contribution in [0.5, 0.6) is 0 Å². The van der Waals surface area contributed by atoms with Gasteiger partial charge in [0.25, 0.3) is 0 Å². The van der Waals surface area contributed by atoms with Crippen LogP contribution in [0, 0.1) is 11.6 Å². The van der Waals surface area contributed by atoms with Crippen LogP contribution < -0.4 is 10.2 Å². The molecule has 0 aliphatic carbocycles. The second kappa shape index (κ2) is 9.20. The number of piperazine rings is 1. The number of aliphatic hydroxyl groups excluding tert-OH is 3. The summed E-state index contributed by atoms with van der Waals surface area (Å²) in [4.78, 5) is 12.1. The highest BCUT2D eigenvalue weighted by Gasteiger charge is 2.30. The Morgan fingerprint density at radius 3 is 2.66 bits per heavy atom. The maximum absolute atomic E-state index is 14.7. The van der Waals surface area contributed by atoms with Gasteiger partial charge in [-0.15, -0.1) is 0 Å². The van der Waals surface area contributed by atoms with E-state index in [9.17, 15) is 24.1 Å². The minimum atomic E-state index is -1.21. The summed E-state index contributed by atoms with van der Waals surface area (Å²) in [7, 11) is 0. The monoisotopic (exact) mass is 465 g/mol. The Kier molecular flexibility index (Phi) is 6.54. The molecular formula is C21H25F2N5O3S. The molecule has 0 saturated carbocycles. The van der Waals surface area contributed by atoms with Gasteiger partial charge in [-0.05, 0) is 38.1 Å². The lowest BCUT2D eigenvalue weighted by atomic mass is 10.1. The van der Waals surface area contributed by atoms with Crippen molar-refractivity contribution in [3.8, 4) is 0 Å². The van der Waals surface area contributed by atoms with E-state index in [0.717, 1.165) is 0 Å². The van der Waals surface area contributed by atoms with Crippen LogP contribution in [0.3, 0.4) is 0 Å². The van der Waals surface area contributed by atoms with Crippen LogP contribution >= 0.6 is 11.3 Å². The summed E-state index contributed by atoms with van der Waals surface area (Å²) in [6.45, 7) is 4.63. The molecule has 3 aromatic rings. The van der Waals surface area contributed by atoms with Crippen molar-refractivity contribution >= 4 is 32.5 Å². The first-order valence-corrected chi connectivity index (χ1v) is 11.1. The van der Waals surface area contributed by atoms with Gasteiger partial charge < -0.3 is 25.5 Å². The molecule has 11 heteroatoms. The van der Waals surface area contributed by atoms with E-state index in [4.69, 9.17) is 0 Å². The molecule has 1 saturated heterocycles. The number of pyridine rings is 1. The Morgan fingerprint density at radius 1 is 1.19 bits per heavy atom. The van der Waals surface area contributed by atoms with E-state index in [0.29, 0.717) is 35.0 Å². The highest BCUT2D eigenvalue weighted by molar-refractivity contribution is 7.22. The van der Waals surface area contributed by atoms with E-state index >= 15 is 0 Å². The maximum atomic E-state index is 14.7. The molecule has 32 heavy (non-hydrogen) atoms. The normalized spacial score (nSPS) is 20.3. The van der Waals surface area contributed by atoms with Crippen LogP contribution in [0.15, 0.2) is 30.5 Å². The predicted molar refractivity (Wildman–Crippen MR) is 118 cm³/mol. The summed E-state index contributed by atoms with van der Waals surface area (Å²) in [5.74, 6) is -0.760. The van der Waals surface area contributed by atoms with Crippen LogP contribution in [0.2, 0.25) is 0 Å². The summed E-state index contributed by atoms with van der Waals surface area (Å²) in [5.41, 5.74) is 0.859. The lowest BCUT2D eigenvalue weighted by molar-refractivity contribution is 0.0145. The lowest BCUT2D eigenvalue weighted by Crippen LogP contribution is -2.57. The third-order valence-electron chi connectivity index (χ3n) is 5.52. The van der Waals surface area contributed by atoms with Crippen molar-refractivity contribution in [2.75, 3.05) is 29.9 Å². The third kappa shape index (κ3) is 4.66. The molecule has 4 N–H and O–H groups in total. The molecule has 0 spiro atoms. The number of aromatic nitrogens is 2.